The van der Waals surface area contributed by atoms with E-state index in [4.69, 9.17) is 4.74 Å². The highest BCUT2D eigenvalue weighted by molar-refractivity contribution is 5.72. The Kier molecular flexibility index (Phi) is 10.3. The first kappa shape index (κ1) is 23.0. The minimum absolute atomic E-state index is 0.0169. The molecule has 0 radical (unpaired) electrons. The van der Waals surface area contributed by atoms with Crippen molar-refractivity contribution >= 4 is 5.97 Å². The maximum atomic E-state index is 12.6. The highest BCUT2D eigenvalue weighted by atomic mass is 16.6. The lowest BCUT2D eigenvalue weighted by molar-refractivity contribution is -0.154. The van der Waals surface area contributed by atoms with E-state index < -0.39 is 5.60 Å². The van der Waals surface area contributed by atoms with Gasteiger partial charge < -0.3 is 4.74 Å². The van der Waals surface area contributed by atoms with E-state index in [1.165, 1.54) is 22.3 Å². The molecule has 0 aliphatic heterocycles. The third kappa shape index (κ3) is 5.02. The normalized spacial score (nSPS) is 16.5. The molecule has 0 aromatic rings. The Labute approximate surface area is 162 Å². The largest absolute Gasteiger partial charge is 0.450 e. The summed E-state index contributed by atoms with van der Waals surface area (Å²) >= 11 is 0. The lowest BCUT2D eigenvalue weighted by Gasteiger charge is -2.36. The van der Waals surface area contributed by atoms with Gasteiger partial charge in [-0.3, -0.25) is 4.79 Å². The summed E-state index contributed by atoms with van der Waals surface area (Å²) in [5.74, 6) is -0.0169. The Morgan fingerprint density at radius 2 is 1.15 bits per heavy atom. The van der Waals surface area contributed by atoms with Crippen LogP contribution in [0.1, 0.15) is 119 Å². The predicted molar refractivity (Wildman–Crippen MR) is 112 cm³/mol. The Morgan fingerprint density at radius 3 is 1.50 bits per heavy atom. The number of carbonyl (C=O) groups is 1. The first-order valence-corrected chi connectivity index (χ1v) is 11.2. The van der Waals surface area contributed by atoms with Crippen molar-refractivity contribution in [2.24, 2.45) is 0 Å². The third-order valence-electron chi connectivity index (χ3n) is 5.41. The lowest BCUT2D eigenvalue weighted by Crippen LogP contribution is -2.38. The monoisotopic (exact) mass is 362 g/mol. The summed E-state index contributed by atoms with van der Waals surface area (Å²) in [6.07, 6.45) is 12.2. The summed E-state index contributed by atoms with van der Waals surface area (Å²) in [6.45, 7) is 13.3. The molecule has 0 aromatic carbocycles. The zero-order valence-electron chi connectivity index (χ0n) is 18.3. The molecule has 0 fully saturated rings. The van der Waals surface area contributed by atoms with Gasteiger partial charge in [-0.25, -0.2) is 0 Å². The fraction of sp³-hybridized carbons (Fsp3) is 0.792. The number of allylic oxidation sites excluding steroid dienone is 2. The lowest BCUT2D eigenvalue weighted by atomic mass is 9.80. The van der Waals surface area contributed by atoms with Gasteiger partial charge in [0, 0.05) is 6.42 Å². The van der Waals surface area contributed by atoms with E-state index >= 15 is 0 Å². The summed E-state index contributed by atoms with van der Waals surface area (Å²) in [5.41, 5.74) is 5.53. The van der Waals surface area contributed by atoms with E-state index in [1.54, 1.807) is 0 Å². The summed E-state index contributed by atoms with van der Waals surface area (Å²) < 4.78 is 6.41. The van der Waals surface area contributed by atoms with Gasteiger partial charge in [0.05, 0.1) is 0 Å². The van der Waals surface area contributed by atoms with Gasteiger partial charge in [0.15, 0.2) is 5.60 Å². The minimum atomic E-state index is -0.442. The molecule has 0 saturated carbocycles. The second-order valence-electron chi connectivity index (χ2n) is 7.72. The molecule has 2 nitrogen and oxygen atoms in total. The molecule has 1 rings (SSSR count). The van der Waals surface area contributed by atoms with E-state index in [1.807, 2.05) is 0 Å². The number of rotatable bonds is 13. The molecule has 150 valence electrons. The SMILES string of the molecule is CCCC(=O)OC1(CCC)C(CCC)=C(CCC)C(CCC)=C1CCC. The zero-order chi connectivity index (χ0) is 19.6. The molecule has 0 spiro atoms. The molecule has 0 atom stereocenters. The molecule has 26 heavy (non-hydrogen) atoms. The highest BCUT2D eigenvalue weighted by Crippen LogP contribution is 2.52. The van der Waals surface area contributed by atoms with Gasteiger partial charge >= 0.3 is 5.97 Å². The van der Waals surface area contributed by atoms with Crippen LogP contribution in [0.25, 0.3) is 0 Å². The molecule has 1 aliphatic carbocycles. The molecule has 0 aromatic heterocycles. The van der Waals surface area contributed by atoms with Gasteiger partial charge in [-0.2, -0.15) is 0 Å². The van der Waals surface area contributed by atoms with Crippen molar-refractivity contribution in [3.05, 3.63) is 22.3 Å². The van der Waals surface area contributed by atoms with Gasteiger partial charge in [0.2, 0.25) is 0 Å². The fourth-order valence-electron chi connectivity index (χ4n) is 4.62. The number of hydrogen-bond donors (Lipinski definition) is 0. The second-order valence-corrected chi connectivity index (χ2v) is 7.72. The van der Waals surface area contributed by atoms with E-state index in [9.17, 15) is 4.79 Å². The Hall–Kier alpha value is -1.05. The summed E-state index contributed by atoms with van der Waals surface area (Å²) in [5, 5.41) is 0. The Bertz CT molecular complexity index is 478. The maximum absolute atomic E-state index is 12.6. The summed E-state index contributed by atoms with van der Waals surface area (Å²) in [4.78, 5) is 12.6. The van der Waals surface area contributed by atoms with E-state index in [-0.39, 0.29) is 5.97 Å². The highest BCUT2D eigenvalue weighted by Gasteiger charge is 2.47. The third-order valence-corrected chi connectivity index (χ3v) is 5.41. The topological polar surface area (TPSA) is 26.3 Å². The average molecular weight is 363 g/mol. The van der Waals surface area contributed by atoms with Crippen molar-refractivity contribution in [3.8, 4) is 0 Å². The van der Waals surface area contributed by atoms with Crippen LogP contribution in [-0.4, -0.2) is 11.6 Å². The van der Waals surface area contributed by atoms with Gasteiger partial charge in [-0.15, -0.1) is 0 Å². The molecular weight excluding hydrogens is 320 g/mol. The van der Waals surface area contributed by atoms with Crippen LogP contribution < -0.4 is 0 Å². The fourth-order valence-corrected chi connectivity index (χ4v) is 4.62. The smallest absolute Gasteiger partial charge is 0.306 e. The van der Waals surface area contributed by atoms with Crippen LogP contribution in [0.2, 0.25) is 0 Å². The van der Waals surface area contributed by atoms with Crippen molar-refractivity contribution in [1.29, 1.82) is 0 Å². The molecule has 0 N–H and O–H groups in total. The maximum Gasteiger partial charge on any atom is 0.306 e. The summed E-state index contributed by atoms with van der Waals surface area (Å²) in [6, 6.07) is 0. The standard InChI is InChI=1S/C24H42O2/c1-7-13-19-20(14-8-2)22(16-10-4)24(18-12-6,21(19)15-9-3)26-23(25)17-11-5/h7-18H2,1-6H3. The molecule has 2 heteroatoms. The average Bonchev–Trinajstić information content (AvgIpc) is 2.81. The van der Waals surface area contributed by atoms with Crippen molar-refractivity contribution in [2.75, 3.05) is 0 Å². The quantitative estimate of drug-likeness (QED) is 0.314. The van der Waals surface area contributed by atoms with Crippen LogP contribution in [0.15, 0.2) is 22.3 Å². The molecule has 0 unspecified atom stereocenters. The van der Waals surface area contributed by atoms with Crippen molar-refractivity contribution < 1.29 is 9.53 Å². The molecule has 0 saturated heterocycles. The Morgan fingerprint density at radius 1 is 0.692 bits per heavy atom. The van der Waals surface area contributed by atoms with E-state index in [0.29, 0.717) is 6.42 Å². The van der Waals surface area contributed by atoms with Crippen LogP contribution in [0.4, 0.5) is 0 Å². The zero-order valence-corrected chi connectivity index (χ0v) is 18.3. The van der Waals surface area contributed by atoms with Crippen LogP contribution in [0.5, 0.6) is 0 Å². The second kappa shape index (κ2) is 11.6. The minimum Gasteiger partial charge on any atom is -0.450 e. The number of esters is 1. The molecule has 0 amide bonds. The van der Waals surface area contributed by atoms with Crippen molar-refractivity contribution in [3.63, 3.8) is 0 Å². The van der Waals surface area contributed by atoms with Gasteiger partial charge in [-0.1, -0.05) is 73.6 Å². The van der Waals surface area contributed by atoms with Gasteiger partial charge in [0.1, 0.15) is 0 Å². The molecule has 0 bridgehead atoms. The molecule has 1 aliphatic rings. The number of carbonyl (C=O) groups excluding carboxylic acids is 1. The Balaban J connectivity index is 3.59. The first-order chi connectivity index (χ1) is 12.6. The van der Waals surface area contributed by atoms with Crippen molar-refractivity contribution in [2.45, 2.75) is 124 Å². The van der Waals surface area contributed by atoms with Crippen LogP contribution in [0.3, 0.4) is 0 Å². The molecule has 0 heterocycles. The predicted octanol–water partition coefficient (Wildman–Crippen LogP) is 7.68. The van der Waals surface area contributed by atoms with Crippen LogP contribution in [-0.2, 0) is 9.53 Å². The summed E-state index contributed by atoms with van der Waals surface area (Å²) in [7, 11) is 0. The van der Waals surface area contributed by atoms with Crippen molar-refractivity contribution in [1.82, 2.24) is 0 Å². The van der Waals surface area contributed by atoms with Gasteiger partial charge in [-0.05, 0) is 60.8 Å². The number of ether oxygens (including phenoxy) is 1. The van der Waals surface area contributed by atoms with E-state index in [2.05, 4.69) is 41.5 Å². The van der Waals surface area contributed by atoms with Gasteiger partial charge in [0.25, 0.3) is 0 Å². The van der Waals surface area contributed by atoms with Crippen LogP contribution in [0, 0.1) is 0 Å². The molecular formula is C24H42O2. The first-order valence-electron chi connectivity index (χ1n) is 11.2. The van der Waals surface area contributed by atoms with Crippen LogP contribution >= 0.6 is 0 Å². The van der Waals surface area contributed by atoms with E-state index in [0.717, 1.165) is 70.6 Å². The number of hydrogen-bond acceptors (Lipinski definition) is 2.